The van der Waals surface area contributed by atoms with Crippen molar-refractivity contribution in [2.75, 3.05) is 20.8 Å². The van der Waals surface area contributed by atoms with Gasteiger partial charge < -0.3 is 16.2 Å². The number of carbonyl (C=O) groups is 1. The largest absolute Gasteiger partial charge is 0.383 e. The van der Waals surface area contributed by atoms with Crippen LogP contribution in [0.1, 0.15) is 26.2 Å². The molecule has 1 aliphatic rings. The number of likely N-dealkylation sites (N-methyl/N-ethyl adjacent to an activating group) is 1. The molecule has 3 atom stereocenters. The number of hydrogen-bond acceptors (Lipinski definition) is 4. The molecule has 16 heavy (non-hydrogen) atoms. The Labute approximate surface area is 97.1 Å². The van der Waals surface area contributed by atoms with Crippen molar-refractivity contribution in [3.05, 3.63) is 0 Å². The maximum Gasteiger partial charge on any atom is 0.237 e. The van der Waals surface area contributed by atoms with Gasteiger partial charge in [0, 0.05) is 19.2 Å². The second-order valence-corrected chi connectivity index (χ2v) is 4.89. The van der Waals surface area contributed by atoms with Gasteiger partial charge in [-0.15, -0.1) is 0 Å². The fourth-order valence-electron chi connectivity index (χ4n) is 2.34. The number of nitrogens with zero attached hydrogens (tertiary/aromatic N) is 1. The first-order valence-electron chi connectivity index (χ1n) is 5.70. The van der Waals surface area contributed by atoms with Gasteiger partial charge in [0.25, 0.3) is 0 Å². The van der Waals surface area contributed by atoms with Gasteiger partial charge >= 0.3 is 0 Å². The molecule has 0 aliphatic heterocycles. The average molecular weight is 229 g/mol. The molecule has 1 amide bonds. The van der Waals surface area contributed by atoms with Crippen molar-refractivity contribution in [2.45, 2.75) is 43.8 Å². The number of carbonyl (C=O) groups excluding carboxylic acids is 1. The number of methoxy groups -OCH3 is 1. The van der Waals surface area contributed by atoms with Crippen LogP contribution in [0.15, 0.2) is 0 Å². The number of nitrogens with two attached hydrogens (primary N) is 2. The second-order valence-electron chi connectivity index (χ2n) is 4.89. The van der Waals surface area contributed by atoms with Gasteiger partial charge in [0.05, 0.1) is 12.1 Å². The van der Waals surface area contributed by atoms with Crippen molar-refractivity contribution >= 4 is 5.91 Å². The van der Waals surface area contributed by atoms with E-state index in [-0.39, 0.29) is 5.91 Å². The molecule has 0 saturated heterocycles. The Bertz CT molecular complexity index is 260. The van der Waals surface area contributed by atoms with Crippen molar-refractivity contribution in [3.63, 3.8) is 0 Å². The minimum atomic E-state index is -0.814. The van der Waals surface area contributed by atoms with Gasteiger partial charge in [-0.25, -0.2) is 0 Å². The van der Waals surface area contributed by atoms with E-state index in [2.05, 4.69) is 11.8 Å². The molecule has 0 aromatic rings. The predicted molar refractivity (Wildman–Crippen MR) is 62.9 cm³/mol. The Morgan fingerprint density at radius 1 is 1.69 bits per heavy atom. The minimum absolute atomic E-state index is 0.322. The molecule has 1 aliphatic carbocycles. The van der Waals surface area contributed by atoms with Crippen LogP contribution in [-0.4, -0.2) is 49.2 Å². The SMILES string of the molecule is COCC(C)N(C)C1CCC(N)(C(N)=O)C1. The van der Waals surface area contributed by atoms with Gasteiger partial charge in [0.15, 0.2) is 0 Å². The molecule has 1 rings (SSSR count). The first-order valence-corrected chi connectivity index (χ1v) is 5.70. The van der Waals surface area contributed by atoms with Crippen molar-refractivity contribution in [3.8, 4) is 0 Å². The van der Waals surface area contributed by atoms with Gasteiger partial charge in [0.1, 0.15) is 0 Å². The lowest BCUT2D eigenvalue weighted by atomic mass is 9.98. The molecule has 0 aromatic heterocycles. The van der Waals surface area contributed by atoms with E-state index in [0.29, 0.717) is 31.5 Å². The van der Waals surface area contributed by atoms with Crippen LogP contribution in [0.4, 0.5) is 0 Å². The molecule has 1 saturated carbocycles. The second kappa shape index (κ2) is 5.12. The molecular formula is C11H23N3O2. The molecule has 0 spiro atoms. The van der Waals surface area contributed by atoms with Gasteiger partial charge in [-0.05, 0) is 33.2 Å². The van der Waals surface area contributed by atoms with Crippen LogP contribution < -0.4 is 11.5 Å². The van der Waals surface area contributed by atoms with E-state index in [1.54, 1.807) is 7.11 Å². The highest BCUT2D eigenvalue weighted by atomic mass is 16.5. The van der Waals surface area contributed by atoms with Crippen LogP contribution in [0.2, 0.25) is 0 Å². The van der Waals surface area contributed by atoms with Crippen LogP contribution >= 0.6 is 0 Å². The van der Waals surface area contributed by atoms with Crippen molar-refractivity contribution in [1.82, 2.24) is 4.90 Å². The van der Waals surface area contributed by atoms with Gasteiger partial charge in [-0.1, -0.05) is 0 Å². The number of rotatable bonds is 5. The minimum Gasteiger partial charge on any atom is -0.383 e. The third-order valence-electron chi connectivity index (χ3n) is 3.69. The molecule has 0 bridgehead atoms. The summed E-state index contributed by atoms with van der Waals surface area (Å²) >= 11 is 0. The zero-order valence-corrected chi connectivity index (χ0v) is 10.4. The third-order valence-corrected chi connectivity index (χ3v) is 3.69. The summed E-state index contributed by atoms with van der Waals surface area (Å²) in [5, 5.41) is 0. The Kier molecular flexibility index (Phi) is 4.29. The van der Waals surface area contributed by atoms with Gasteiger partial charge in [-0.3, -0.25) is 9.69 Å². The topological polar surface area (TPSA) is 81.6 Å². The number of hydrogen-bond donors (Lipinski definition) is 2. The maximum absolute atomic E-state index is 11.2. The summed E-state index contributed by atoms with van der Waals surface area (Å²) in [6, 6.07) is 0.646. The highest BCUT2D eigenvalue weighted by Gasteiger charge is 2.42. The summed E-state index contributed by atoms with van der Waals surface area (Å²) in [7, 11) is 3.73. The first-order chi connectivity index (χ1) is 7.40. The molecule has 0 aromatic carbocycles. The third kappa shape index (κ3) is 2.72. The number of ether oxygens (including phenoxy) is 1. The summed E-state index contributed by atoms with van der Waals surface area (Å²) in [6.07, 6.45) is 2.24. The van der Waals surface area contributed by atoms with Gasteiger partial charge in [0.2, 0.25) is 5.91 Å². The molecule has 4 N–H and O–H groups in total. The number of amides is 1. The highest BCUT2D eigenvalue weighted by Crippen LogP contribution is 2.31. The standard InChI is InChI=1S/C11H23N3O2/c1-8(7-16-3)14(2)9-4-5-11(13,6-9)10(12)15/h8-9H,4-7,13H2,1-3H3,(H2,12,15). The smallest absolute Gasteiger partial charge is 0.237 e. The van der Waals surface area contributed by atoms with Crippen LogP contribution in [0.3, 0.4) is 0 Å². The Morgan fingerprint density at radius 2 is 2.31 bits per heavy atom. The van der Waals surface area contributed by atoms with E-state index in [1.165, 1.54) is 0 Å². The molecule has 0 heterocycles. The monoisotopic (exact) mass is 229 g/mol. The summed E-state index contributed by atoms with van der Waals surface area (Å²) in [4.78, 5) is 13.5. The van der Waals surface area contributed by atoms with Crippen molar-refractivity contribution in [1.29, 1.82) is 0 Å². The lowest BCUT2D eigenvalue weighted by Crippen LogP contribution is -2.51. The molecule has 5 heteroatoms. The Morgan fingerprint density at radius 3 is 2.75 bits per heavy atom. The van der Waals surface area contributed by atoms with Gasteiger partial charge in [-0.2, -0.15) is 0 Å². The lowest BCUT2D eigenvalue weighted by Gasteiger charge is -2.31. The Balaban J connectivity index is 2.55. The molecule has 0 radical (unpaired) electrons. The van der Waals surface area contributed by atoms with Crippen LogP contribution in [0.25, 0.3) is 0 Å². The summed E-state index contributed by atoms with van der Waals surface area (Å²) in [5.74, 6) is -0.386. The van der Waals surface area contributed by atoms with E-state index in [9.17, 15) is 4.79 Å². The van der Waals surface area contributed by atoms with Crippen molar-refractivity contribution < 1.29 is 9.53 Å². The van der Waals surface area contributed by atoms with Crippen LogP contribution in [-0.2, 0) is 9.53 Å². The molecule has 1 fully saturated rings. The summed E-state index contributed by atoms with van der Waals surface area (Å²) in [5.41, 5.74) is 10.5. The predicted octanol–water partition coefficient (Wildman–Crippen LogP) is -0.312. The van der Waals surface area contributed by atoms with E-state index in [4.69, 9.17) is 16.2 Å². The fraction of sp³-hybridized carbons (Fsp3) is 0.909. The van der Waals surface area contributed by atoms with E-state index >= 15 is 0 Å². The van der Waals surface area contributed by atoms with Crippen molar-refractivity contribution in [2.24, 2.45) is 11.5 Å². The zero-order valence-electron chi connectivity index (χ0n) is 10.4. The van der Waals surface area contributed by atoms with E-state index in [1.807, 2.05) is 7.05 Å². The lowest BCUT2D eigenvalue weighted by molar-refractivity contribution is -0.123. The highest BCUT2D eigenvalue weighted by molar-refractivity contribution is 5.84. The Hall–Kier alpha value is -0.650. The first kappa shape index (κ1) is 13.4. The molecular weight excluding hydrogens is 206 g/mol. The number of primary amides is 1. The van der Waals surface area contributed by atoms with Crippen LogP contribution in [0, 0.1) is 0 Å². The maximum atomic E-state index is 11.2. The fourth-order valence-corrected chi connectivity index (χ4v) is 2.34. The molecule has 94 valence electrons. The quantitative estimate of drug-likeness (QED) is 0.677. The normalized spacial score (nSPS) is 31.9. The summed E-state index contributed by atoms with van der Waals surface area (Å²) in [6.45, 7) is 2.78. The van der Waals surface area contributed by atoms with Crippen LogP contribution in [0.5, 0.6) is 0 Å². The summed E-state index contributed by atoms with van der Waals surface area (Å²) < 4.78 is 5.12. The zero-order chi connectivity index (χ0) is 12.3. The molecule has 3 unspecified atom stereocenters. The molecule has 5 nitrogen and oxygen atoms in total. The van der Waals surface area contributed by atoms with E-state index in [0.717, 1.165) is 6.42 Å². The average Bonchev–Trinajstić information content (AvgIpc) is 2.61. The van der Waals surface area contributed by atoms with E-state index < -0.39 is 5.54 Å².